The number of methoxy groups -OCH3 is 1. The third kappa shape index (κ3) is 4.07. The maximum atomic E-state index is 12.6. The lowest BCUT2D eigenvalue weighted by molar-refractivity contribution is 0.104. The fourth-order valence-corrected chi connectivity index (χ4v) is 2.40. The van der Waals surface area contributed by atoms with Crippen LogP contribution in [0.3, 0.4) is 0 Å². The molecule has 0 unspecified atom stereocenters. The SMILES string of the molecule is COc1cccc(/C=C(\C#N)C(=O)c2ccc(C(C)(C)C)cc2)c1O. The predicted molar refractivity (Wildman–Crippen MR) is 97.7 cm³/mol. The van der Waals surface area contributed by atoms with Crippen molar-refractivity contribution in [1.82, 2.24) is 0 Å². The van der Waals surface area contributed by atoms with Crippen LogP contribution in [0.4, 0.5) is 0 Å². The topological polar surface area (TPSA) is 70.3 Å². The molecule has 0 bridgehead atoms. The van der Waals surface area contributed by atoms with E-state index in [4.69, 9.17) is 4.74 Å². The molecule has 4 nitrogen and oxygen atoms in total. The number of carbonyl (C=O) groups is 1. The van der Waals surface area contributed by atoms with Gasteiger partial charge in [-0.2, -0.15) is 5.26 Å². The molecule has 0 aliphatic heterocycles. The molecule has 0 fully saturated rings. The molecule has 0 saturated heterocycles. The number of carbonyl (C=O) groups excluding carboxylic acids is 1. The Balaban J connectivity index is 2.38. The van der Waals surface area contributed by atoms with E-state index in [0.29, 0.717) is 11.1 Å². The Morgan fingerprint density at radius 2 is 1.80 bits per heavy atom. The Bertz CT molecular complexity index is 850. The lowest BCUT2D eigenvalue weighted by Crippen LogP contribution is -2.11. The van der Waals surface area contributed by atoms with Crippen molar-refractivity contribution < 1.29 is 14.6 Å². The minimum Gasteiger partial charge on any atom is -0.504 e. The number of hydrogen-bond donors (Lipinski definition) is 1. The van der Waals surface area contributed by atoms with Crippen molar-refractivity contribution in [2.24, 2.45) is 0 Å². The van der Waals surface area contributed by atoms with Gasteiger partial charge in [-0.3, -0.25) is 4.79 Å². The Hall–Kier alpha value is -3.06. The van der Waals surface area contributed by atoms with Crippen LogP contribution in [0, 0.1) is 11.3 Å². The van der Waals surface area contributed by atoms with Crippen LogP contribution < -0.4 is 4.74 Å². The zero-order valence-corrected chi connectivity index (χ0v) is 14.8. The molecular formula is C21H21NO3. The zero-order valence-electron chi connectivity index (χ0n) is 14.8. The molecule has 0 aliphatic carbocycles. The van der Waals surface area contributed by atoms with Gasteiger partial charge in [0.2, 0.25) is 5.78 Å². The van der Waals surface area contributed by atoms with E-state index in [9.17, 15) is 15.2 Å². The fourth-order valence-electron chi connectivity index (χ4n) is 2.40. The molecule has 4 heteroatoms. The Kier molecular flexibility index (Phi) is 5.29. The van der Waals surface area contributed by atoms with E-state index in [0.717, 1.165) is 5.56 Å². The van der Waals surface area contributed by atoms with Crippen molar-refractivity contribution in [2.75, 3.05) is 7.11 Å². The van der Waals surface area contributed by atoms with Gasteiger partial charge < -0.3 is 9.84 Å². The minimum atomic E-state index is -0.384. The van der Waals surface area contributed by atoms with Crippen LogP contribution in [-0.2, 0) is 5.41 Å². The largest absolute Gasteiger partial charge is 0.504 e. The highest BCUT2D eigenvalue weighted by Gasteiger charge is 2.17. The highest BCUT2D eigenvalue weighted by Crippen LogP contribution is 2.31. The number of benzene rings is 2. The van der Waals surface area contributed by atoms with E-state index >= 15 is 0 Å². The number of aromatic hydroxyl groups is 1. The monoisotopic (exact) mass is 335 g/mol. The number of phenolic OH excluding ortho intramolecular Hbond substituents is 1. The second-order valence-electron chi connectivity index (χ2n) is 6.72. The number of hydrogen-bond acceptors (Lipinski definition) is 4. The van der Waals surface area contributed by atoms with E-state index in [1.54, 1.807) is 30.3 Å². The smallest absolute Gasteiger partial charge is 0.203 e. The second kappa shape index (κ2) is 7.23. The zero-order chi connectivity index (χ0) is 18.6. The average Bonchev–Trinajstić information content (AvgIpc) is 2.59. The molecule has 0 spiro atoms. The molecule has 0 heterocycles. The summed E-state index contributed by atoms with van der Waals surface area (Å²) in [5, 5.41) is 19.5. The number of Topliss-reactive ketones (excluding diaryl/α,β-unsaturated/α-hetero) is 1. The number of rotatable bonds is 4. The third-order valence-corrected chi connectivity index (χ3v) is 3.93. The van der Waals surface area contributed by atoms with E-state index in [-0.39, 0.29) is 28.3 Å². The van der Waals surface area contributed by atoms with E-state index in [1.807, 2.05) is 18.2 Å². The molecule has 0 radical (unpaired) electrons. The van der Waals surface area contributed by atoms with Crippen molar-refractivity contribution in [3.63, 3.8) is 0 Å². The summed E-state index contributed by atoms with van der Waals surface area (Å²) >= 11 is 0. The van der Waals surface area contributed by atoms with E-state index in [2.05, 4.69) is 20.8 Å². The van der Waals surface area contributed by atoms with Crippen molar-refractivity contribution >= 4 is 11.9 Å². The fraction of sp³-hybridized carbons (Fsp3) is 0.238. The number of para-hydroxylation sites is 1. The Morgan fingerprint density at radius 1 is 1.16 bits per heavy atom. The molecule has 0 saturated carbocycles. The first-order valence-electron chi connectivity index (χ1n) is 7.91. The Morgan fingerprint density at radius 3 is 2.32 bits per heavy atom. The van der Waals surface area contributed by atoms with Crippen LogP contribution in [0.25, 0.3) is 6.08 Å². The van der Waals surface area contributed by atoms with Crippen LogP contribution in [0.5, 0.6) is 11.5 Å². The van der Waals surface area contributed by atoms with Gasteiger partial charge in [0.25, 0.3) is 0 Å². The van der Waals surface area contributed by atoms with Gasteiger partial charge in [-0.25, -0.2) is 0 Å². The summed E-state index contributed by atoms with van der Waals surface area (Å²) in [5.41, 5.74) is 1.84. The molecule has 2 rings (SSSR count). The van der Waals surface area contributed by atoms with Crippen LogP contribution in [0.2, 0.25) is 0 Å². The number of nitriles is 1. The van der Waals surface area contributed by atoms with Crippen molar-refractivity contribution in [2.45, 2.75) is 26.2 Å². The van der Waals surface area contributed by atoms with Crippen LogP contribution in [0.15, 0.2) is 48.0 Å². The Labute approximate surface area is 148 Å². The summed E-state index contributed by atoms with van der Waals surface area (Å²) < 4.78 is 5.04. The summed E-state index contributed by atoms with van der Waals surface area (Å²) in [7, 11) is 1.44. The van der Waals surface area contributed by atoms with Gasteiger partial charge in [0.15, 0.2) is 11.5 Å². The van der Waals surface area contributed by atoms with Crippen molar-refractivity contribution in [1.29, 1.82) is 5.26 Å². The molecule has 0 amide bonds. The van der Waals surface area contributed by atoms with Crippen LogP contribution >= 0.6 is 0 Å². The molecule has 2 aromatic carbocycles. The van der Waals surface area contributed by atoms with E-state index in [1.165, 1.54) is 13.2 Å². The molecule has 0 atom stereocenters. The van der Waals surface area contributed by atoms with Gasteiger partial charge in [0, 0.05) is 11.1 Å². The summed E-state index contributed by atoms with van der Waals surface area (Å²) in [5.74, 6) is -0.202. The molecule has 25 heavy (non-hydrogen) atoms. The summed E-state index contributed by atoms with van der Waals surface area (Å²) in [6.45, 7) is 6.28. The van der Waals surface area contributed by atoms with Gasteiger partial charge in [0.05, 0.1) is 7.11 Å². The van der Waals surface area contributed by atoms with Gasteiger partial charge in [-0.1, -0.05) is 57.2 Å². The first-order valence-corrected chi connectivity index (χ1v) is 7.91. The minimum absolute atomic E-state index is 0.0120. The number of ether oxygens (including phenoxy) is 1. The second-order valence-corrected chi connectivity index (χ2v) is 6.72. The third-order valence-electron chi connectivity index (χ3n) is 3.93. The van der Waals surface area contributed by atoms with Crippen molar-refractivity contribution in [3.05, 3.63) is 64.7 Å². The van der Waals surface area contributed by atoms with Crippen LogP contribution in [0.1, 0.15) is 42.3 Å². The summed E-state index contributed by atoms with van der Waals surface area (Å²) in [6, 6.07) is 14.1. The molecule has 2 aromatic rings. The van der Waals surface area contributed by atoms with E-state index < -0.39 is 0 Å². The molecule has 0 aliphatic rings. The number of ketones is 1. The predicted octanol–water partition coefficient (Wildman–Crippen LogP) is 4.49. The highest BCUT2D eigenvalue weighted by atomic mass is 16.5. The highest BCUT2D eigenvalue weighted by molar-refractivity contribution is 6.14. The van der Waals surface area contributed by atoms with Gasteiger partial charge >= 0.3 is 0 Å². The number of nitrogens with zero attached hydrogens (tertiary/aromatic N) is 1. The maximum Gasteiger partial charge on any atom is 0.203 e. The normalized spacial score (nSPS) is 11.7. The first kappa shape index (κ1) is 18.3. The maximum absolute atomic E-state index is 12.6. The lowest BCUT2D eigenvalue weighted by atomic mass is 9.86. The lowest BCUT2D eigenvalue weighted by Gasteiger charge is -2.18. The van der Waals surface area contributed by atoms with Gasteiger partial charge in [-0.05, 0) is 23.1 Å². The molecule has 0 aromatic heterocycles. The summed E-state index contributed by atoms with van der Waals surface area (Å²) in [4.78, 5) is 12.6. The molecule has 1 N–H and O–H groups in total. The van der Waals surface area contributed by atoms with Crippen LogP contribution in [-0.4, -0.2) is 18.0 Å². The number of phenols is 1. The van der Waals surface area contributed by atoms with Gasteiger partial charge in [0.1, 0.15) is 11.6 Å². The first-order chi connectivity index (χ1) is 11.8. The average molecular weight is 335 g/mol. The quantitative estimate of drug-likeness (QED) is 0.508. The van der Waals surface area contributed by atoms with Crippen molar-refractivity contribution in [3.8, 4) is 17.6 Å². The standard InChI is InChI=1S/C21H21NO3/c1-21(2,3)17-10-8-14(9-11-17)19(23)16(13-22)12-15-6-5-7-18(25-4)20(15)24/h5-12,24H,1-4H3/b16-12+. The number of allylic oxidation sites excluding steroid dienone is 1. The molecular weight excluding hydrogens is 314 g/mol. The van der Waals surface area contributed by atoms with Gasteiger partial charge in [-0.15, -0.1) is 0 Å². The summed E-state index contributed by atoms with van der Waals surface area (Å²) in [6.07, 6.45) is 1.37. The molecule has 128 valence electrons.